The van der Waals surface area contributed by atoms with Gasteiger partial charge in [-0.3, -0.25) is 4.79 Å². The van der Waals surface area contributed by atoms with Crippen LogP contribution in [-0.4, -0.2) is 17.4 Å². The first-order chi connectivity index (χ1) is 11.1. The van der Waals surface area contributed by atoms with Crippen LogP contribution < -0.4 is 5.73 Å². The smallest absolute Gasteiger partial charge is 0.254 e. The monoisotopic (exact) mass is 308 g/mol. The average molecular weight is 308 g/mol. The Morgan fingerprint density at radius 1 is 1.22 bits per heavy atom. The maximum atomic E-state index is 12.7. The molecule has 1 heterocycles. The number of fused-ring (bicyclic) bond motifs is 1. The largest absolute Gasteiger partial charge is 0.334 e. The van der Waals surface area contributed by atoms with E-state index in [1.165, 1.54) is 11.1 Å². The zero-order valence-corrected chi connectivity index (χ0v) is 13.9. The average Bonchev–Trinajstić information content (AvgIpc) is 2.59. The van der Waals surface area contributed by atoms with E-state index >= 15 is 0 Å². The number of carbonyl (C=O) groups is 1. The number of aryl methyl sites for hydroxylation is 1. The number of benzene rings is 2. The maximum absolute atomic E-state index is 12.7. The zero-order valence-electron chi connectivity index (χ0n) is 13.9. The molecule has 0 aliphatic carbocycles. The van der Waals surface area contributed by atoms with Gasteiger partial charge in [0.05, 0.1) is 0 Å². The van der Waals surface area contributed by atoms with Crippen molar-refractivity contribution in [2.45, 2.75) is 39.3 Å². The van der Waals surface area contributed by atoms with E-state index in [2.05, 4.69) is 25.1 Å². The molecule has 1 aliphatic heterocycles. The van der Waals surface area contributed by atoms with Crippen LogP contribution in [0.5, 0.6) is 0 Å². The van der Waals surface area contributed by atoms with Gasteiger partial charge in [0.2, 0.25) is 0 Å². The number of amides is 1. The number of carbonyl (C=O) groups excluding carboxylic acids is 1. The number of rotatable bonds is 3. The molecular formula is C20H24N2O. The molecule has 3 heteroatoms. The molecule has 1 amide bonds. The first-order valence-corrected chi connectivity index (χ1v) is 8.31. The molecule has 0 aromatic heterocycles. The lowest BCUT2D eigenvalue weighted by Crippen LogP contribution is -2.36. The van der Waals surface area contributed by atoms with Crippen LogP contribution in [0.15, 0.2) is 42.5 Å². The fourth-order valence-electron chi connectivity index (χ4n) is 3.18. The van der Waals surface area contributed by atoms with Gasteiger partial charge >= 0.3 is 0 Å². The molecule has 1 unspecified atom stereocenters. The van der Waals surface area contributed by atoms with Crippen molar-refractivity contribution in [3.05, 3.63) is 70.3 Å². The topological polar surface area (TPSA) is 46.3 Å². The standard InChI is InChI=1S/C20H24N2O/c1-3-19(21)16-8-7-15-9-10-22(13-18(15)12-16)20(23)17-6-4-5-14(2)11-17/h4-8,11-12,19H,3,9-10,13,21H2,1-2H3. The van der Waals surface area contributed by atoms with Gasteiger partial charge in [-0.1, -0.05) is 42.8 Å². The molecular weight excluding hydrogens is 284 g/mol. The van der Waals surface area contributed by atoms with E-state index in [9.17, 15) is 4.79 Å². The van der Waals surface area contributed by atoms with Crippen molar-refractivity contribution >= 4 is 5.91 Å². The number of nitrogens with two attached hydrogens (primary N) is 1. The van der Waals surface area contributed by atoms with Crippen molar-refractivity contribution in [3.63, 3.8) is 0 Å². The third-order valence-electron chi connectivity index (χ3n) is 4.66. The second-order valence-electron chi connectivity index (χ2n) is 6.39. The first-order valence-electron chi connectivity index (χ1n) is 8.31. The molecule has 2 aromatic carbocycles. The Labute approximate surface area is 138 Å². The molecule has 1 atom stereocenters. The van der Waals surface area contributed by atoms with E-state index in [1.54, 1.807) is 0 Å². The normalized spacial score (nSPS) is 15.2. The van der Waals surface area contributed by atoms with Crippen molar-refractivity contribution in [2.24, 2.45) is 5.73 Å². The van der Waals surface area contributed by atoms with E-state index in [1.807, 2.05) is 36.1 Å². The lowest BCUT2D eigenvalue weighted by atomic mass is 9.94. The minimum atomic E-state index is 0.0724. The quantitative estimate of drug-likeness (QED) is 0.941. The third kappa shape index (κ3) is 3.30. The lowest BCUT2D eigenvalue weighted by molar-refractivity contribution is 0.0734. The van der Waals surface area contributed by atoms with Crippen molar-refractivity contribution in [1.82, 2.24) is 4.90 Å². The van der Waals surface area contributed by atoms with Crippen LogP contribution in [0, 0.1) is 6.92 Å². The Balaban J connectivity index is 1.83. The first kappa shape index (κ1) is 15.8. The Hall–Kier alpha value is -2.13. The third-order valence-corrected chi connectivity index (χ3v) is 4.66. The van der Waals surface area contributed by atoms with Crippen LogP contribution in [0.1, 0.15) is 52.0 Å². The van der Waals surface area contributed by atoms with Crippen LogP contribution in [0.25, 0.3) is 0 Å². The van der Waals surface area contributed by atoms with E-state index in [0.29, 0.717) is 6.54 Å². The van der Waals surface area contributed by atoms with Gasteiger partial charge in [-0.15, -0.1) is 0 Å². The summed E-state index contributed by atoms with van der Waals surface area (Å²) in [6.07, 6.45) is 1.83. The molecule has 0 bridgehead atoms. The summed E-state index contributed by atoms with van der Waals surface area (Å²) < 4.78 is 0. The molecule has 0 fully saturated rings. The fraction of sp³-hybridized carbons (Fsp3) is 0.350. The number of hydrogen-bond donors (Lipinski definition) is 1. The molecule has 0 spiro atoms. The summed E-state index contributed by atoms with van der Waals surface area (Å²) in [4.78, 5) is 14.7. The molecule has 3 nitrogen and oxygen atoms in total. The molecule has 1 aliphatic rings. The van der Waals surface area contributed by atoms with Crippen LogP contribution in [0.3, 0.4) is 0 Å². The van der Waals surface area contributed by atoms with Crippen molar-refractivity contribution in [1.29, 1.82) is 0 Å². The van der Waals surface area contributed by atoms with Gasteiger partial charge in [0.15, 0.2) is 0 Å². The molecule has 0 radical (unpaired) electrons. The molecule has 2 N–H and O–H groups in total. The summed E-state index contributed by atoms with van der Waals surface area (Å²) in [5.74, 6) is 0.115. The van der Waals surface area contributed by atoms with Crippen LogP contribution in [0.2, 0.25) is 0 Å². The van der Waals surface area contributed by atoms with Gasteiger partial charge in [0, 0.05) is 24.7 Å². The van der Waals surface area contributed by atoms with Crippen LogP contribution in [0.4, 0.5) is 0 Å². The van der Waals surface area contributed by atoms with Gasteiger partial charge in [-0.25, -0.2) is 0 Å². The van der Waals surface area contributed by atoms with Crippen molar-refractivity contribution in [2.75, 3.05) is 6.54 Å². The molecule has 2 aromatic rings. The van der Waals surface area contributed by atoms with E-state index < -0.39 is 0 Å². The summed E-state index contributed by atoms with van der Waals surface area (Å²) >= 11 is 0. The Morgan fingerprint density at radius 2 is 2.04 bits per heavy atom. The Morgan fingerprint density at radius 3 is 2.78 bits per heavy atom. The van der Waals surface area contributed by atoms with Gasteiger partial charge in [-0.2, -0.15) is 0 Å². The number of hydrogen-bond acceptors (Lipinski definition) is 2. The van der Waals surface area contributed by atoms with Gasteiger partial charge in [0.25, 0.3) is 5.91 Å². The van der Waals surface area contributed by atoms with Crippen molar-refractivity contribution < 1.29 is 4.79 Å². The summed E-state index contributed by atoms with van der Waals surface area (Å²) in [5, 5.41) is 0. The SMILES string of the molecule is CCC(N)c1ccc2c(c1)CN(C(=O)c1cccc(C)c1)CC2. The summed E-state index contributed by atoms with van der Waals surface area (Å²) in [6, 6.07) is 14.4. The number of nitrogens with zero attached hydrogens (tertiary/aromatic N) is 1. The van der Waals surface area contributed by atoms with Crippen LogP contribution >= 0.6 is 0 Å². The molecule has 120 valence electrons. The summed E-state index contributed by atoms with van der Waals surface area (Å²) in [7, 11) is 0. The Bertz CT molecular complexity index is 723. The molecule has 23 heavy (non-hydrogen) atoms. The van der Waals surface area contributed by atoms with E-state index in [-0.39, 0.29) is 11.9 Å². The Kier molecular flexibility index (Phi) is 4.49. The predicted molar refractivity (Wildman–Crippen MR) is 93.3 cm³/mol. The lowest BCUT2D eigenvalue weighted by Gasteiger charge is -2.30. The van der Waals surface area contributed by atoms with E-state index in [0.717, 1.165) is 36.1 Å². The van der Waals surface area contributed by atoms with Gasteiger partial charge in [-0.05, 0) is 48.6 Å². The highest BCUT2D eigenvalue weighted by molar-refractivity contribution is 5.94. The summed E-state index contributed by atoms with van der Waals surface area (Å²) in [6.45, 7) is 5.56. The highest BCUT2D eigenvalue weighted by Gasteiger charge is 2.22. The minimum absolute atomic E-state index is 0.0724. The van der Waals surface area contributed by atoms with Gasteiger partial charge in [0.1, 0.15) is 0 Å². The summed E-state index contributed by atoms with van der Waals surface area (Å²) in [5.41, 5.74) is 11.8. The van der Waals surface area contributed by atoms with E-state index in [4.69, 9.17) is 5.73 Å². The van der Waals surface area contributed by atoms with Crippen LogP contribution in [-0.2, 0) is 13.0 Å². The second kappa shape index (κ2) is 6.55. The highest BCUT2D eigenvalue weighted by atomic mass is 16.2. The fourth-order valence-corrected chi connectivity index (χ4v) is 3.18. The van der Waals surface area contributed by atoms with Crippen molar-refractivity contribution in [3.8, 4) is 0 Å². The molecule has 3 rings (SSSR count). The molecule has 0 saturated heterocycles. The highest BCUT2D eigenvalue weighted by Crippen LogP contribution is 2.24. The molecule has 0 saturated carbocycles. The maximum Gasteiger partial charge on any atom is 0.254 e. The van der Waals surface area contributed by atoms with Gasteiger partial charge < -0.3 is 10.6 Å². The zero-order chi connectivity index (χ0) is 16.4. The minimum Gasteiger partial charge on any atom is -0.334 e. The second-order valence-corrected chi connectivity index (χ2v) is 6.39. The predicted octanol–water partition coefficient (Wildman–Crippen LogP) is 3.60.